The fourth-order valence-electron chi connectivity index (χ4n) is 4.31. The Labute approximate surface area is 161 Å². The predicted octanol–water partition coefficient (Wildman–Crippen LogP) is 3.25. The number of hydrogen-bond acceptors (Lipinski definition) is 3. The maximum Gasteiger partial charge on any atom is 0.318 e. The molecule has 3 rings (SSSR count). The fraction of sp³-hybridized carbons (Fsp3) is 0.619. The first-order valence-corrected chi connectivity index (χ1v) is 10.2. The number of carbonyl (C=O) groups is 2. The van der Waals surface area contributed by atoms with Crippen molar-refractivity contribution in [3.8, 4) is 0 Å². The van der Waals surface area contributed by atoms with Gasteiger partial charge in [0, 0.05) is 18.6 Å². The topological polar surface area (TPSA) is 72.9 Å². The SMILES string of the molecule is CCN(CC(=O)O)C1CC(NC(=O)N2CCCCCC2c2ccccc2)C1. The van der Waals surface area contributed by atoms with Crippen LogP contribution in [0.2, 0.25) is 0 Å². The average Bonchev–Trinajstić information content (AvgIpc) is 2.89. The van der Waals surface area contributed by atoms with Crippen molar-refractivity contribution >= 4 is 12.0 Å². The quantitative estimate of drug-likeness (QED) is 0.803. The molecule has 1 unspecified atom stereocenters. The third-order valence-corrected chi connectivity index (χ3v) is 5.90. The van der Waals surface area contributed by atoms with Crippen molar-refractivity contribution in [1.82, 2.24) is 15.1 Å². The second-order valence-corrected chi connectivity index (χ2v) is 7.70. The van der Waals surface area contributed by atoms with Gasteiger partial charge in [-0.2, -0.15) is 0 Å². The highest BCUT2D eigenvalue weighted by Crippen LogP contribution is 2.31. The van der Waals surface area contributed by atoms with Crippen LogP contribution in [0.15, 0.2) is 30.3 Å². The summed E-state index contributed by atoms with van der Waals surface area (Å²) in [6, 6.07) is 10.9. The molecule has 2 fully saturated rings. The number of likely N-dealkylation sites (tertiary alicyclic amines) is 1. The minimum atomic E-state index is -0.792. The molecule has 1 aromatic carbocycles. The third kappa shape index (κ3) is 5.01. The van der Waals surface area contributed by atoms with Gasteiger partial charge in [-0.25, -0.2) is 4.79 Å². The fourth-order valence-corrected chi connectivity index (χ4v) is 4.31. The second kappa shape index (κ2) is 9.22. The molecule has 2 amide bonds. The number of carbonyl (C=O) groups excluding carboxylic acids is 1. The number of urea groups is 1. The molecule has 0 bridgehead atoms. The average molecular weight is 373 g/mol. The number of likely N-dealkylation sites (N-methyl/N-ethyl adjacent to an activating group) is 1. The zero-order chi connectivity index (χ0) is 19.2. The number of nitrogens with one attached hydrogen (secondary N) is 1. The van der Waals surface area contributed by atoms with Crippen LogP contribution in [-0.4, -0.2) is 58.6 Å². The lowest BCUT2D eigenvalue weighted by atomic mass is 9.85. The first-order chi connectivity index (χ1) is 13.1. The number of aliphatic carboxylic acids is 1. The molecule has 0 radical (unpaired) electrons. The van der Waals surface area contributed by atoms with Crippen molar-refractivity contribution in [2.75, 3.05) is 19.6 Å². The molecule has 0 aromatic heterocycles. The van der Waals surface area contributed by atoms with Gasteiger partial charge in [-0.15, -0.1) is 0 Å². The second-order valence-electron chi connectivity index (χ2n) is 7.70. The van der Waals surface area contributed by atoms with Gasteiger partial charge in [0.05, 0.1) is 12.6 Å². The third-order valence-electron chi connectivity index (χ3n) is 5.90. The summed E-state index contributed by atoms with van der Waals surface area (Å²) in [6.45, 7) is 3.57. The van der Waals surface area contributed by atoms with Crippen LogP contribution >= 0.6 is 0 Å². The summed E-state index contributed by atoms with van der Waals surface area (Å²) in [5.74, 6) is -0.792. The Bertz CT molecular complexity index is 631. The Hall–Kier alpha value is -2.08. The molecular weight excluding hydrogens is 342 g/mol. The minimum absolute atomic E-state index is 0.0236. The molecule has 148 valence electrons. The van der Waals surface area contributed by atoms with E-state index < -0.39 is 5.97 Å². The first-order valence-electron chi connectivity index (χ1n) is 10.2. The molecule has 1 aliphatic carbocycles. The summed E-state index contributed by atoms with van der Waals surface area (Å²) in [6.07, 6.45) is 6.03. The van der Waals surface area contributed by atoms with Crippen molar-refractivity contribution in [2.24, 2.45) is 0 Å². The highest BCUT2D eigenvalue weighted by atomic mass is 16.4. The van der Waals surface area contributed by atoms with Crippen molar-refractivity contribution in [2.45, 2.75) is 63.6 Å². The van der Waals surface area contributed by atoms with Gasteiger partial charge in [0.15, 0.2) is 0 Å². The smallest absolute Gasteiger partial charge is 0.318 e. The number of rotatable bonds is 6. The Morgan fingerprint density at radius 2 is 1.93 bits per heavy atom. The summed E-state index contributed by atoms with van der Waals surface area (Å²) >= 11 is 0. The van der Waals surface area contributed by atoms with Crippen LogP contribution in [0, 0.1) is 0 Å². The molecule has 1 saturated carbocycles. The highest BCUT2D eigenvalue weighted by Gasteiger charge is 2.36. The Kier molecular flexibility index (Phi) is 6.72. The molecule has 27 heavy (non-hydrogen) atoms. The van der Waals surface area contributed by atoms with E-state index in [0.29, 0.717) is 0 Å². The van der Waals surface area contributed by atoms with Crippen molar-refractivity contribution in [3.63, 3.8) is 0 Å². The number of benzene rings is 1. The lowest BCUT2D eigenvalue weighted by molar-refractivity contribution is -0.139. The van der Waals surface area contributed by atoms with Crippen LogP contribution in [0.1, 0.15) is 57.1 Å². The Morgan fingerprint density at radius 1 is 1.19 bits per heavy atom. The van der Waals surface area contributed by atoms with E-state index in [4.69, 9.17) is 5.11 Å². The molecule has 6 heteroatoms. The largest absolute Gasteiger partial charge is 0.480 e. The van der Waals surface area contributed by atoms with Gasteiger partial charge in [-0.1, -0.05) is 50.1 Å². The van der Waals surface area contributed by atoms with Crippen molar-refractivity contribution < 1.29 is 14.7 Å². The van der Waals surface area contributed by atoms with Crippen LogP contribution < -0.4 is 5.32 Å². The van der Waals surface area contributed by atoms with E-state index in [1.165, 1.54) is 12.0 Å². The zero-order valence-electron chi connectivity index (χ0n) is 16.1. The first kappa shape index (κ1) is 19.7. The van der Waals surface area contributed by atoms with Gasteiger partial charge < -0.3 is 15.3 Å². The number of carboxylic acid groups (broad SMARTS) is 1. The molecule has 0 spiro atoms. The van der Waals surface area contributed by atoms with Crippen LogP contribution in [0.5, 0.6) is 0 Å². The maximum atomic E-state index is 13.0. The van der Waals surface area contributed by atoms with E-state index in [-0.39, 0.29) is 30.7 Å². The molecular formula is C21H31N3O3. The molecule has 2 N–H and O–H groups in total. The monoisotopic (exact) mass is 373 g/mol. The highest BCUT2D eigenvalue weighted by molar-refractivity contribution is 5.75. The normalized spacial score (nSPS) is 25.6. The Morgan fingerprint density at radius 3 is 2.59 bits per heavy atom. The predicted molar refractivity (Wildman–Crippen MR) is 105 cm³/mol. The summed E-state index contributed by atoms with van der Waals surface area (Å²) in [4.78, 5) is 27.9. The van der Waals surface area contributed by atoms with E-state index in [1.807, 2.05) is 34.9 Å². The molecule has 1 heterocycles. The lowest BCUT2D eigenvalue weighted by Gasteiger charge is -2.43. The van der Waals surface area contributed by atoms with Crippen LogP contribution in [0.4, 0.5) is 4.79 Å². The molecule has 1 atom stereocenters. The number of nitrogens with zero attached hydrogens (tertiary/aromatic N) is 2. The van der Waals surface area contributed by atoms with Gasteiger partial charge in [-0.05, 0) is 37.8 Å². The Balaban J connectivity index is 1.57. The molecule has 6 nitrogen and oxygen atoms in total. The summed E-state index contributed by atoms with van der Waals surface area (Å²) < 4.78 is 0. The molecule has 2 aliphatic rings. The standard InChI is InChI=1S/C21H31N3O3/c1-2-23(15-20(25)26)18-13-17(14-18)22-21(27)24-12-8-4-7-11-19(24)16-9-5-3-6-10-16/h3,5-6,9-10,17-19H,2,4,7-8,11-15H2,1H3,(H,22,27)(H,25,26). The van der Waals surface area contributed by atoms with Gasteiger partial charge in [0.25, 0.3) is 0 Å². The van der Waals surface area contributed by atoms with Gasteiger partial charge in [-0.3, -0.25) is 9.69 Å². The number of carboxylic acids is 1. The minimum Gasteiger partial charge on any atom is -0.480 e. The van der Waals surface area contributed by atoms with E-state index in [0.717, 1.165) is 45.2 Å². The number of hydrogen-bond donors (Lipinski definition) is 2. The van der Waals surface area contributed by atoms with Gasteiger partial charge in [0.2, 0.25) is 0 Å². The summed E-state index contributed by atoms with van der Waals surface area (Å²) in [7, 11) is 0. The van der Waals surface area contributed by atoms with Crippen LogP contribution in [0.3, 0.4) is 0 Å². The van der Waals surface area contributed by atoms with Gasteiger partial charge in [0.1, 0.15) is 0 Å². The summed E-state index contributed by atoms with van der Waals surface area (Å²) in [5, 5.41) is 12.2. The van der Waals surface area contributed by atoms with E-state index in [9.17, 15) is 9.59 Å². The molecule has 1 aliphatic heterocycles. The zero-order valence-corrected chi connectivity index (χ0v) is 16.1. The van der Waals surface area contributed by atoms with Crippen molar-refractivity contribution in [1.29, 1.82) is 0 Å². The van der Waals surface area contributed by atoms with Gasteiger partial charge >= 0.3 is 12.0 Å². The lowest BCUT2D eigenvalue weighted by Crippen LogP contribution is -2.57. The molecule has 1 aromatic rings. The van der Waals surface area contributed by atoms with Crippen molar-refractivity contribution in [3.05, 3.63) is 35.9 Å². The van der Waals surface area contributed by atoms with E-state index in [2.05, 4.69) is 17.4 Å². The summed E-state index contributed by atoms with van der Waals surface area (Å²) in [5.41, 5.74) is 1.21. The molecule has 1 saturated heterocycles. The van der Waals surface area contributed by atoms with Crippen LogP contribution in [0.25, 0.3) is 0 Å². The number of amides is 2. The van der Waals surface area contributed by atoms with Crippen LogP contribution in [-0.2, 0) is 4.79 Å². The van der Waals surface area contributed by atoms with E-state index >= 15 is 0 Å². The maximum absolute atomic E-state index is 13.0. The van der Waals surface area contributed by atoms with E-state index in [1.54, 1.807) is 0 Å².